The van der Waals surface area contributed by atoms with E-state index < -0.39 is 18.0 Å². The number of carbonyl (C=O) groups is 3. The number of β-amino-alcohol motifs (C(OH)–C–C–N with tert-alkyl or cyclic N) is 1. The van der Waals surface area contributed by atoms with E-state index >= 15 is 0 Å². The average Bonchev–Trinajstić information content (AvgIpc) is 3.41. The highest BCUT2D eigenvalue weighted by Gasteiger charge is 2.31. The van der Waals surface area contributed by atoms with Gasteiger partial charge in [-0.3, -0.25) is 14.5 Å². The normalized spacial score (nSPS) is 18.5. The predicted molar refractivity (Wildman–Crippen MR) is 154 cm³/mol. The van der Waals surface area contributed by atoms with Crippen LogP contribution in [-0.2, 0) is 16.0 Å². The van der Waals surface area contributed by atoms with E-state index in [4.69, 9.17) is 9.84 Å². The van der Waals surface area contributed by atoms with Crippen LogP contribution in [-0.4, -0.2) is 88.4 Å². The molecule has 1 saturated heterocycles. The monoisotopic (exact) mass is 576 g/mol. The van der Waals surface area contributed by atoms with Gasteiger partial charge >= 0.3 is 5.97 Å². The highest BCUT2D eigenvalue weighted by Crippen LogP contribution is 2.35. The Morgan fingerprint density at radius 1 is 1.12 bits per heavy atom. The summed E-state index contributed by atoms with van der Waals surface area (Å²) in [4.78, 5) is 43.1. The van der Waals surface area contributed by atoms with Gasteiger partial charge in [-0.2, -0.15) is 0 Å². The van der Waals surface area contributed by atoms with Crippen LogP contribution < -0.4 is 5.32 Å². The first-order chi connectivity index (χ1) is 20.2. The summed E-state index contributed by atoms with van der Waals surface area (Å²) in [5, 5.41) is 21.8. The van der Waals surface area contributed by atoms with Gasteiger partial charge in [0.1, 0.15) is 12.0 Å². The molecule has 0 bridgehead atoms. The second-order valence-electron chi connectivity index (χ2n) is 10.4. The van der Waals surface area contributed by atoms with Crippen LogP contribution in [0.2, 0.25) is 0 Å². The molecule has 1 atom stereocenters. The summed E-state index contributed by atoms with van der Waals surface area (Å²) in [6.07, 6.45) is 2.39. The number of morpholine rings is 1. The van der Waals surface area contributed by atoms with Crippen LogP contribution in [0.5, 0.6) is 0 Å². The Labute approximate surface area is 242 Å². The number of aryl methyl sites for hydroxylation is 1. The zero-order valence-electron chi connectivity index (χ0n) is 23.2. The number of carbonyl (C=O) groups excluding carboxylic acids is 2. The molecule has 10 nitrogen and oxygen atoms in total. The van der Waals surface area contributed by atoms with Gasteiger partial charge < -0.3 is 30.2 Å². The number of ether oxygens (including phenoxy) is 1. The molecule has 1 fully saturated rings. The minimum Gasteiger partial charge on any atom is -0.478 e. The van der Waals surface area contributed by atoms with Gasteiger partial charge in [0, 0.05) is 42.3 Å². The Hall–Kier alpha value is -4.32. The number of halogens is 1. The molecule has 0 radical (unpaired) electrons. The lowest BCUT2D eigenvalue weighted by molar-refractivity contribution is -0.110. The Morgan fingerprint density at radius 3 is 2.55 bits per heavy atom. The Kier molecular flexibility index (Phi) is 8.81. The number of carboxylic acid groups (broad SMARTS) is 1. The summed E-state index contributed by atoms with van der Waals surface area (Å²) in [5.41, 5.74) is 4.58. The van der Waals surface area contributed by atoms with Gasteiger partial charge in [0.2, 0.25) is 0 Å². The molecule has 0 unspecified atom stereocenters. The zero-order valence-corrected chi connectivity index (χ0v) is 23.2. The average molecular weight is 577 g/mol. The lowest BCUT2D eigenvalue weighted by Crippen LogP contribution is -2.50. The number of carboxylic acids is 1. The van der Waals surface area contributed by atoms with Crippen LogP contribution in [0.4, 0.5) is 10.1 Å². The number of aromatic nitrogens is 1. The standard InChI is InChI=1S/C24H27FN4O4.C7H6O2/c1-14-20(12-17-16-11-15(25)4-5-18(16)27-23(17)31)26-19-3-2-6-29(24(32)22(14)19)13-21(30)28-7-9-33-10-8-28;8-7(9)6-4-2-1-3-5-6/h4-5,11-12,21,26,30H,2-3,6-10,13H2,1H3,(H,27,31);1-5H,(H,8,9)/b17-12-;/t21-;/m0./s1. The third kappa shape index (κ3) is 6.28. The molecule has 2 amide bonds. The number of H-pyrrole nitrogens is 1. The number of hydrogen-bond donors (Lipinski definition) is 4. The smallest absolute Gasteiger partial charge is 0.335 e. The molecule has 11 heteroatoms. The van der Waals surface area contributed by atoms with Crippen molar-refractivity contribution in [2.24, 2.45) is 0 Å². The van der Waals surface area contributed by atoms with Crippen molar-refractivity contribution in [2.75, 3.05) is 44.7 Å². The highest BCUT2D eigenvalue weighted by atomic mass is 19.1. The number of nitrogens with zero attached hydrogens (tertiary/aromatic N) is 2. The molecule has 0 saturated carbocycles. The summed E-state index contributed by atoms with van der Waals surface area (Å²) in [6, 6.07) is 12.5. The Morgan fingerprint density at radius 2 is 1.86 bits per heavy atom. The number of nitrogens with one attached hydrogen (secondary N) is 2. The van der Waals surface area contributed by atoms with Crippen LogP contribution >= 0.6 is 0 Å². The van der Waals surface area contributed by atoms with E-state index in [2.05, 4.69) is 10.3 Å². The fourth-order valence-electron chi connectivity index (χ4n) is 5.40. The van der Waals surface area contributed by atoms with Crippen molar-refractivity contribution < 1.29 is 33.7 Å². The van der Waals surface area contributed by atoms with E-state index in [9.17, 15) is 23.9 Å². The highest BCUT2D eigenvalue weighted by molar-refractivity contribution is 6.34. The van der Waals surface area contributed by atoms with Crippen molar-refractivity contribution in [1.82, 2.24) is 14.8 Å². The number of hydrogen-bond acceptors (Lipinski definition) is 6. The molecule has 3 aliphatic rings. The number of aliphatic hydroxyl groups excluding tert-OH is 1. The van der Waals surface area contributed by atoms with E-state index in [1.807, 2.05) is 11.8 Å². The van der Waals surface area contributed by atoms with Crippen LogP contribution in [0.15, 0.2) is 48.5 Å². The summed E-state index contributed by atoms with van der Waals surface area (Å²) in [5.74, 6) is -1.73. The summed E-state index contributed by atoms with van der Waals surface area (Å²) in [7, 11) is 0. The Bertz CT molecular complexity index is 1510. The number of aromatic carboxylic acids is 1. The van der Waals surface area contributed by atoms with Crippen molar-refractivity contribution in [3.63, 3.8) is 0 Å². The lowest BCUT2D eigenvalue weighted by Gasteiger charge is -2.34. The second kappa shape index (κ2) is 12.7. The maximum atomic E-state index is 13.8. The first-order valence-corrected chi connectivity index (χ1v) is 13.8. The van der Waals surface area contributed by atoms with Crippen molar-refractivity contribution >= 4 is 35.1 Å². The quantitative estimate of drug-likeness (QED) is 0.342. The van der Waals surface area contributed by atoms with E-state index in [1.54, 1.807) is 47.4 Å². The summed E-state index contributed by atoms with van der Waals surface area (Å²) < 4.78 is 19.1. The maximum absolute atomic E-state index is 13.8. The van der Waals surface area contributed by atoms with Gasteiger partial charge in [-0.15, -0.1) is 0 Å². The van der Waals surface area contributed by atoms with E-state index in [1.165, 1.54) is 12.1 Å². The first kappa shape index (κ1) is 29.2. The SMILES string of the molecule is Cc1c(/C=C2\C(=O)Nc3ccc(F)cc32)[nH]c2c1C(=O)N(C[C@H](O)N1CCOCC1)CCC2.O=C(O)c1ccccc1. The minimum atomic E-state index is -0.879. The Balaban J connectivity index is 0.000000336. The van der Waals surface area contributed by atoms with Crippen LogP contribution in [0.3, 0.4) is 0 Å². The number of anilines is 1. The fourth-order valence-corrected chi connectivity index (χ4v) is 5.40. The molecule has 1 aromatic heterocycles. The number of amides is 2. The van der Waals surface area contributed by atoms with E-state index in [-0.39, 0.29) is 18.4 Å². The molecule has 3 aromatic rings. The van der Waals surface area contributed by atoms with Gasteiger partial charge in [0.15, 0.2) is 0 Å². The molecule has 220 valence electrons. The number of fused-ring (bicyclic) bond motifs is 2. The van der Waals surface area contributed by atoms with Gasteiger partial charge in [-0.05, 0) is 61.7 Å². The second-order valence-corrected chi connectivity index (χ2v) is 10.4. The molecule has 0 aliphatic carbocycles. The molecule has 42 heavy (non-hydrogen) atoms. The predicted octanol–water partition coefficient (Wildman–Crippen LogP) is 3.38. The molecule has 6 rings (SSSR count). The topological polar surface area (TPSA) is 135 Å². The molecular formula is C31H33FN4O6. The van der Waals surface area contributed by atoms with Gasteiger partial charge in [-0.1, -0.05) is 18.2 Å². The number of aromatic amines is 1. The maximum Gasteiger partial charge on any atom is 0.335 e. The van der Waals surface area contributed by atoms with Gasteiger partial charge in [0.25, 0.3) is 11.8 Å². The molecule has 0 spiro atoms. The third-order valence-corrected chi connectivity index (χ3v) is 7.65. The van der Waals surface area contributed by atoms with Crippen molar-refractivity contribution in [1.29, 1.82) is 0 Å². The first-order valence-electron chi connectivity index (χ1n) is 13.8. The minimum absolute atomic E-state index is 0.129. The number of aliphatic hydroxyl groups is 1. The van der Waals surface area contributed by atoms with Crippen molar-refractivity contribution in [2.45, 2.75) is 26.0 Å². The van der Waals surface area contributed by atoms with Gasteiger partial charge in [0.05, 0.1) is 36.5 Å². The number of rotatable bonds is 5. The molecule has 2 aromatic carbocycles. The zero-order chi connectivity index (χ0) is 29.8. The summed E-state index contributed by atoms with van der Waals surface area (Å²) in [6.45, 7) is 5.07. The van der Waals surface area contributed by atoms with Crippen LogP contribution in [0.1, 0.15) is 49.7 Å². The molecular weight excluding hydrogens is 543 g/mol. The molecule has 3 aliphatic heterocycles. The van der Waals surface area contributed by atoms with Crippen LogP contribution in [0, 0.1) is 12.7 Å². The fraction of sp³-hybridized carbons (Fsp3) is 0.323. The van der Waals surface area contributed by atoms with E-state index in [0.29, 0.717) is 72.9 Å². The largest absolute Gasteiger partial charge is 0.478 e. The van der Waals surface area contributed by atoms with Crippen molar-refractivity contribution in [3.8, 4) is 0 Å². The van der Waals surface area contributed by atoms with E-state index in [0.717, 1.165) is 17.7 Å². The number of benzene rings is 2. The third-order valence-electron chi connectivity index (χ3n) is 7.65. The van der Waals surface area contributed by atoms with Gasteiger partial charge in [-0.25, -0.2) is 9.18 Å². The molecule has 4 heterocycles. The molecule has 4 N–H and O–H groups in total. The van der Waals surface area contributed by atoms with Crippen LogP contribution in [0.25, 0.3) is 11.6 Å². The van der Waals surface area contributed by atoms with Crippen molar-refractivity contribution in [3.05, 3.63) is 88.0 Å². The summed E-state index contributed by atoms with van der Waals surface area (Å²) >= 11 is 0. The lowest BCUT2D eigenvalue weighted by atomic mass is 10.0.